The van der Waals surface area contributed by atoms with Gasteiger partial charge in [0.1, 0.15) is 11.6 Å². The molecule has 0 radical (unpaired) electrons. The SMILES string of the molecule is C[C@H](NC(=O)N[C@H]1CCS(=O)(=O)C1)c1cc(F)ccc1F. The Hall–Kier alpha value is -1.70. The second kappa shape index (κ2) is 5.97. The highest BCUT2D eigenvalue weighted by molar-refractivity contribution is 7.91. The number of rotatable bonds is 3. The summed E-state index contributed by atoms with van der Waals surface area (Å²) in [5.74, 6) is -1.26. The molecule has 1 aromatic carbocycles. The molecule has 0 bridgehead atoms. The number of nitrogens with one attached hydrogen (secondary N) is 2. The van der Waals surface area contributed by atoms with Crippen LogP contribution in [0.3, 0.4) is 0 Å². The highest BCUT2D eigenvalue weighted by Crippen LogP contribution is 2.18. The molecule has 8 heteroatoms. The molecule has 116 valence electrons. The van der Waals surface area contributed by atoms with E-state index >= 15 is 0 Å². The summed E-state index contributed by atoms with van der Waals surface area (Å²) in [4.78, 5) is 11.8. The van der Waals surface area contributed by atoms with Crippen LogP contribution in [0, 0.1) is 11.6 Å². The van der Waals surface area contributed by atoms with Gasteiger partial charge in [-0.3, -0.25) is 0 Å². The lowest BCUT2D eigenvalue weighted by molar-refractivity contribution is 0.234. The molecule has 0 saturated carbocycles. The average molecular weight is 318 g/mol. The quantitative estimate of drug-likeness (QED) is 0.887. The Balaban J connectivity index is 1.95. The summed E-state index contributed by atoms with van der Waals surface area (Å²) in [7, 11) is -3.09. The van der Waals surface area contributed by atoms with E-state index in [4.69, 9.17) is 0 Å². The lowest BCUT2D eigenvalue weighted by Gasteiger charge is -2.18. The van der Waals surface area contributed by atoms with Gasteiger partial charge < -0.3 is 10.6 Å². The Kier molecular flexibility index (Phi) is 4.46. The number of halogens is 2. The van der Waals surface area contributed by atoms with Crippen LogP contribution in [0.25, 0.3) is 0 Å². The van der Waals surface area contributed by atoms with Gasteiger partial charge in [-0.1, -0.05) is 0 Å². The van der Waals surface area contributed by atoms with Gasteiger partial charge in [0.2, 0.25) is 0 Å². The summed E-state index contributed by atoms with van der Waals surface area (Å²) < 4.78 is 49.2. The molecule has 1 aliphatic heterocycles. The van der Waals surface area contributed by atoms with E-state index in [0.29, 0.717) is 6.42 Å². The van der Waals surface area contributed by atoms with Crippen LogP contribution in [-0.2, 0) is 9.84 Å². The lowest BCUT2D eigenvalue weighted by atomic mass is 10.1. The Morgan fingerprint density at radius 2 is 2.10 bits per heavy atom. The van der Waals surface area contributed by atoms with Crippen molar-refractivity contribution < 1.29 is 22.0 Å². The van der Waals surface area contributed by atoms with Gasteiger partial charge in [-0.15, -0.1) is 0 Å². The van der Waals surface area contributed by atoms with Crippen molar-refractivity contribution in [3.8, 4) is 0 Å². The molecule has 1 aromatic rings. The predicted molar refractivity (Wildman–Crippen MR) is 73.5 cm³/mol. The number of carbonyl (C=O) groups excluding carboxylic acids is 1. The van der Waals surface area contributed by atoms with E-state index in [1.54, 1.807) is 0 Å². The first-order valence-electron chi connectivity index (χ1n) is 6.49. The van der Waals surface area contributed by atoms with Crippen molar-refractivity contribution in [3.05, 3.63) is 35.4 Å². The summed E-state index contributed by atoms with van der Waals surface area (Å²) in [5, 5.41) is 4.99. The fourth-order valence-corrected chi connectivity index (χ4v) is 3.93. The Labute approximate surface area is 121 Å². The third kappa shape index (κ3) is 4.13. The monoisotopic (exact) mass is 318 g/mol. The summed E-state index contributed by atoms with van der Waals surface area (Å²) in [6.45, 7) is 1.52. The van der Waals surface area contributed by atoms with Gasteiger partial charge in [-0.05, 0) is 31.5 Å². The van der Waals surface area contributed by atoms with Gasteiger partial charge >= 0.3 is 6.03 Å². The zero-order valence-electron chi connectivity index (χ0n) is 11.4. The Morgan fingerprint density at radius 1 is 1.38 bits per heavy atom. The molecule has 1 fully saturated rings. The average Bonchev–Trinajstić information content (AvgIpc) is 2.71. The van der Waals surface area contributed by atoms with Crippen molar-refractivity contribution in [1.82, 2.24) is 10.6 Å². The number of carbonyl (C=O) groups is 1. The van der Waals surface area contributed by atoms with Gasteiger partial charge in [0.15, 0.2) is 9.84 Å². The van der Waals surface area contributed by atoms with E-state index < -0.39 is 39.6 Å². The minimum Gasteiger partial charge on any atom is -0.334 e. The molecule has 1 heterocycles. The maximum atomic E-state index is 13.6. The number of sulfone groups is 1. The summed E-state index contributed by atoms with van der Waals surface area (Å²) in [6.07, 6.45) is 0.360. The molecule has 2 atom stereocenters. The van der Waals surface area contributed by atoms with E-state index in [2.05, 4.69) is 10.6 Å². The third-order valence-electron chi connectivity index (χ3n) is 3.34. The van der Waals surface area contributed by atoms with E-state index in [-0.39, 0.29) is 17.1 Å². The van der Waals surface area contributed by atoms with Crippen molar-refractivity contribution >= 4 is 15.9 Å². The van der Waals surface area contributed by atoms with Crippen molar-refractivity contribution in [2.75, 3.05) is 11.5 Å². The normalized spacial score (nSPS) is 21.8. The summed E-state index contributed by atoms with van der Waals surface area (Å²) in [5.41, 5.74) is 0.0317. The molecule has 21 heavy (non-hydrogen) atoms. The van der Waals surface area contributed by atoms with Crippen molar-refractivity contribution in [1.29, 1.82) is 0 Å². The van der Waals surface area contributed by atoms with Crippen LogP contribution in [0.4, 0.5) is 13.6 Å². The molecule has 2 rings (SSSR count). The minimum absolute atomic E-state index is 0.0317. The molecular weight excluding hydrogens is 302 g/mol. The van der Waals surface area contributed by atoms with E-state index in [1.165, 1.54) is 6.92 Å². The highest BCUT2D eigenvalue weighted by atomic mass is 32.2. The number of amides is 2. The van der Waals surface area contributed by atoms with Gasteiger partial charge in [-0.25, -0.2) is 22.0 Å². The molecule has 0 aromatic heterocycles. The third-order valence-corrected chi connectivity index (χ3v) is 5.11. The Bertz CT molecular complexity index is 649. The van der Waals surface area contributed by atoms with Crippen LogP contribution >= 0.6 is 0 Å². The number of urea groups is 1. The molecule has 0 unspecified atom stereocenters. The Morgan fingerprint density at radius 3 is 2.71 bits per heavy atom. The number of hydrogen-bond donors (Lipinski definition) is 2. The van der Waals surface area contributed by atoms with Crippen LogP contribution in [-0.4, -0.2) is 32.0 Å². The van der Waals surface area contributed by atoms with Crippen molar-refractivity contribution in [3.63, 3.8) is 0 Å². The maximum Gasteiger partial charge on any atom is 0.315 e. The molecule has 1 saturated heterocycles. The topological polar surface area (TPSA) is 75.3 Å². The molecule has 5 nitrogen and oxygen atoms in total. The van der Waals surface area contributed by atoms with Crippen LogP contribution in [0.5, 0.6) is 0 Å². The minimum atomic E-state index is -3.09. The molecule has 0 spiro atoms. The lowest BCUT2D eigenvalue weighted by Crippen LogP contribution is -2.43. The zero-order valence-corrected chi connectivity index (χ0v) is 12.2. The second-order valence-electron chi connectivity index (χ2n) is 5.11. The highest BCUT2D eigenvalue weighted by Gasteiger charge is 2.29. The fraction of sp³-hybridized carbons (Fsp3) is 0.462. The molecular formula is C13H16F2N2O3S. The van der Waals surface area contributed by atoms with Crippen molar-refractivity contribution in [2.45, 2.75) is 25.4 Å². The van der Waals surface area contributed by atoms with Crippen LogP contribution in [0.15, 0.2) is 18.2 Å². The first kappa shape index (κ1) is 15.7. The van der Waals surface area contributed by atoms with E-state index in [0.717, 1.165) is 18.2 Å². The zero-order chi connectivity index (χ0) is 15.6. The molecule has 2 N–H and O–H groups in total. The number of hydrogen-bond acceptors (Lipinski definition) is 3. The van der Waals surface area contributed by atoms with E-state index in [1.807, 2.05) is 0 Å². The second-order valence-corrected chi connectivity index (χ2v) is 7.33. The summed E-state index contributed by atoms with van der Waals surface area (Å²) in [6, 6.07) is 1.21. The largest absolute Gasteiger partial charge is 0.334 e. The summed E-state index contributed by atoms with van der Waals surface area (Å²) >= 11 is 0. The maximum absolute atomic E-state index is 13.6. The van der Waals surface area contributed by atoms with Crippen LogP contribution in [0.2, 0.25) is 0 Å². The van der Waals surface area contributed by atoms with Crippen LogP contribution < -0.4 is 10.6 Å². The first-order valence-corrected chi connectivity index (χ1v) is 8.31. The van der Waals surface area contributed by atoms with E-state index in [9.17, 15) is 22.0 Å². The molecule has 1 aliphatic rings. The van der Waals surface area contributed by atoms with Gasteiger partial charge in [0.05, 0.1) is 17.5 Å². The van der Waals surface area contributed by atoms with Crippen molar-refractivity contribution in [2.24, 2.45) is 0 Å². The van der Waals surface area contributed by atoms with Crippen LogP contribution in [0.1, 0.15) is 24.9 Å². The smallest absolute Gasteiger partial charge is 0.315 e. The predicted octanol–water partition coefficient (Wildman–Crippen LogP) is 1.51. The van der Waals surface area contributed by atoms with Gasteiger partial charge in [0.25, 0.3) is 0 Å². The fourth-order valence-electron chi connectivity index (χ4n) is 2.26. The standard InChI is InChI=1S/C13H16F2N2O3S/c1-8(11-6-9(14)2-3-12(11)15)16-13(18)17-10-4-5-21(19,20)7-10/h2-3,6,8,10H,4-5,7H2,1H3,(H2,16,17,18)/t8-,10-/m0/s1. The number of benzene rings is 1. The van der Waals surface area contributed by atoms with Gasteiger partial charge in [-0.2, -0.15) is 0 Å². The first-order chi connectivity index (χ1) is 9.77. The molecule has 2 amide bonds. The van der Waals surface area contributed by atoms with Gasteiger partial charge in [0, 0.05) is 11.6 Å². The molecule has 0 aliphatic carbocycles.